The van der Waals surface area contributed by atoms with E-state index < -0.39 is 10.0 Å². The van der Waals surface area contributed by atoms with Crippen molar-refractivity contribution in [3.05, 3.63) is 35.6 Å². The van der Waals surface area contributed by atoms with E-state index in [1.54, 1.807) is 26.2 Å². The van der Waals surface area contributed by atoms with Gasteiger partial charge in [0.2, 0.25) is 15.9 Å². The van der Waals surface area contributed by atoms with Crippen LogP contribution < -0.4 is 5.32 Å². The van der Waals surface area contributed by atoms with Crippen LogP contribution >= 0.6 is 0 Å². The average Bonchev–Trinajstić information content (AvgIpc) is 3.29. The molecule has 1 amide bonds. The summed E-state index contributed by atoms with van der Waals surface area (Å²) in [4.78, 5) is 12.5. The van der Waals surface area contributed by atoms with Crippen molar-refractivity contribution in [3.8, 4) is 0 Å². The minimum atomic E-state index is -3.63. The van der Waals surface area contributed by atoms with Crippen molar-refractivity contribution < 1.29 is 22.2 Å². The van der Waals surface area contributed by atoms with E-state index >= 15 is 0 Å². The van der Waals surface area contributed by atoms with Gasteiger partial charge in [-0.2, -0.15) is 4.31 Å². The first-order valence-corrected chi connectivity index (χ1v) is 10.5. The second kappa shape index (κ2) is 7.85. The van der Waals surface area contributed by atoms with Crippen molar-refractivity contribution in [2.45, 2.75) is 45.1 Å². The minimum absolute atomic E-state index is 0.0431. The molecule has 148 valence electrons. The molecule has 0 aliphatic carbocycles. The SMILES string of the molecule is Cc1noc(C)c1S(=O)(=O)N1CCC([C@H](C)C(=O)NCc2ccco2)CC1. The lowest BCUT2D eigenvalue weighted by molar-refractivity contribution is -0.126. The Balaban J connectivity index is 1.57. The molecule has 2 aromatic rings. The summed E-state index contributed by atoms with van der Waals surface area (Å²) >= 11 is 0. The molecule has 3 rings (SSSR count). The highest BCUT2D eigenvalue weighted by atomic mass is 32.2. The summed E-state index contributed by atoms with van der Waals surface area (Å²) in [7, 11) is -3.63. The summed E-state index contributed by atoms with van der Waals surface area (Å²) in [6.07, 6.45) is 2.84. The van der Waals surface area contributed by atoms with E-state index in [1.807, 2.05) is 13.0 Å². The van der Waals surface area contributed by atoms with E-state index in [0.717, 1.165) is 0 Å². The fraction of sp³-hybridized carbons (Fsp3) is 0.556. The minimum Gasteiger partial charge on any atom is -0.467 e. The van der Waals surface area contributed by atoms with Gasteiger partial charge in [0.15, 0.2) is 5.76 Å². The van der Waals surface area contributed by atoms with Gasteiger partial charge in [-0.1, -0.05) is 12.1 Å². The topological polar surface area (TPSA) is 106 Å². The lowest BCUT2D eigenvalue weighted by atomic mass is 9.85. The van der Waals surface area contributed by atoms with Crippen molar-refractivity contribution >= 4 is 15.9 Å². The number of amides is 1. The van der Waals surface area contributed by atoms with Crippen LogP contribution in [0.4, 0.5) is 0 Å². The lowest BCUT2D eigenvalue weighted by Gasteiger charge is -2.33. The predicted octanol–water partition coefficient (Wildman–Crippen LogP) is 2.24. The molecule has 2 aromatic heterocycles. The van der Waals surface area contributed by atoms with Gasteiger partial charge in [0.1, 0.15) is 16.3 Å². The molecular weight excluding hydrogens is 370 g/mol. The van der Waals surface area contributed by atoms with Gasteiger partial charge >= 0.3 is 0 Å². The fourth-order valence-corrected chi connectivity index (χ4v) is 5.31. The Hall–Kier alpha value is -2.13. The number of furan rings is 1. The highest BCUT2D eigenvalue weighted by molar-refractivity contribution is 7.89. The standard InChI is InChI=1S/C18H25N3O5S/c1-12(18(22)19-11-16-5-4-10-25-16)15-6-8-21(9-7-15)27(23,24)17-13(2)20-26-14(17)3/h4-5,10,12,15H,6-9,11H2,1-3H3,(H,19,22)/t12-/m0/s1. The van der Waals surface area contributed by atoms with Crippen LogP contribution in [0.5, 0.6) is 0 Å². The zero-order chi connectivity index (χ0) is 19.6. The quantitative estimate of drug-likeness (QED) is 0.804. The zero-order valence-electron chi connectivity index (χ0n) is 15.8. The number of rotatable bonds is 6. The molecule has 1 N–H and O–H groups in total. The predicted molar refractivity (Wildman–Crippen MR) is 97.2 cm³/mol. The molecule has 9 heteroatoms. The Morgan fingerprint density at radius 3 is 2.63 bits per heavy atom. The lowest BCUT2D eigenvalue weighted by Crippen LogP contribution is -2.42. The molecule has 1 aliphatic heterocycles. The molecule has 3 heterocycles. The van der Waals surface area contributed by atoms with Gasteiger partial charge in [-0.3, -0.25) is 4.79 Å². The number of hydrogen-bond donors (Lipinski definition) is 1. The molecule has 1 saturated heterocycles. The van der Waals surface area contributed by atoms with Crippen molar-refractivity contribution in [2.24, 2.45) is 11.8 Å². The Bertz CT molecular complexity index is 861. The number of aryl methyl sites for hydroxylation is 2. The van der Waals surface area contributed by atoms with Crippen LogP contribution in [-0.4, -0.2) is 36.9 Å². The van der Waals surface area contributed by atoms with Gasteiger partial charge in [0.05, 0.1) is 12.8 Å². The second-order valence-corrected chi connectivity index (χ2v) is 8.86. The largest absolute Gasteiger partial charge is 0.467 e. The van der Waals surface area contributed by atoms with Crippen molar-refractivity contribution in [1.82, 2.24) is 14.8 Å². The summed E-state index contributed by atoms with van der Waals surface area (Å²) < 4.78 is 37.4. The maximum Gasteiger partial charge on any atom is 0.248 e. The smallest absolute Gasteiger partial charge is 0.248 e. The van der Waals surface area contributed by atoms with Crippen LogP contribution in [0.2, 0.25) is 0 Å². The summed E-state index contributed by atoms with van der Waals surface area (Å²) in [5.74, 6) is 0.913. The second-order valence-electron chi connectivity index (χ2n) is 6.98. The molecule has 27 heavy (non-hydrogen) atoms. The van der Waals surface area contributed by atoms with Gasteiger partial charge in [0.25, 0.3) is 0 Å². The number of piperidine rings is 1. The van der Waals surface area contributed by atoms with Gasteiger partial charge in [-0.25, -0.2) is 8.42 Å². The normalized spacial score (nSPS) is 17.7. The first-order valence-electron chi connectivity index (χ1n) is 9.04. The first kappa shape index (κ1) is 19.6. The summed E-state index contributed by atoms with van der Waals surface area (Å²) in [6, 6.07) is 3.59. The van der Waals surface area contributed by atoms with E-state index in [2.05, 4.69) is 10.5 Å². The molecule has 0 saturated carbocycles. The van der Waals surface area contributed by atoms with Crippen molar-refractivity contribution in [2.75, 3.05) is 13.1 Å². The van der Waals surface area contributed by atoms with Crippen LogP contribution in [-0.2, 0) is 21.4 Å². The van der Waals surface area contributed by atoms with Crippen LogP contribution in [0.3, 0.4) is 0 Å². The first-order chi connectivity index (χ1) is 12.8. The fourth-order valence-electron chi connectivity index (χ4n) is 3.55. The summed E-state index contributed by atoms with van der Waals surface area (Å²) in [5, 5.41) is 6.62. The Kier molecular flexibility index (Phi) is 5.71. The Morgan fingerprint density at radius 2 is 2.07 bits per heavy atom. The van der Waals surface area contributed by atoms with E-state index in [4.69, 9.17) is 8.94 Å². The molecule has 1 aliphatic rings. The Labute approximate surface area is 158 Å². The van der Waals surface area contributed by atoms with Gasteiger partial charge in [-0.15, -0.1) is 0 Å². The third-order valence-electron chi connectivity index (χ3n) is 5.20. The zero-order valence-corrected chi connectivity index (χ0v) is 16.6. The number of nitrogens with one attached hydrogen (secondary N) is 1. The number of nitrogens with zero attached hydrogens (tertiary/aromatic N) is 2. The highest BCUT2D eigenvalue weighted by Crippen LogP contribution is 2.30. The van der Waals surface area contributed by atoms with E-state index in [1.165, 1.54) is 4.31 Å². The van der Waals surface area contributed by atoms with Crippen LogP contribution in [0.25, 0.3) is 0 Å². The third-order valence-corrected chi connectivity index (χ3v) is 7.35. The van der Waals surface area contributed by atoms with E-state index in [0.29, 0.717) is 49.7 Å². The average molecular weight is 395 g/mol. The summed E-state index contributed by atoms with van der Waals surface area (Å²) in [6.45, 7) is 6.24. The van der Waals surface area contributed by atoms with Gasteiger partial charge in [-0.05, 0) is 44.7 Å². The van der Waals surface area contributed by atoms with Gasteiger partial charge < -0.3 is 14.3 Å². The van der Waals surface area contributed by atoms with Crippen molar-refractivity contribution in [1.29, 1.82) is 0 Å². The molecule has 1 fully saturated rings. The molecule has 0 spiro atoms. The summed E-state index contributed by atoms with van der Waals surface area (Å²) in [5.41, 5.74) is 0.375. The van der Waals surface area contributed by atoms with Crippen LogP contribution in [0.15, 0.2) is 32.2 Å². The molecule has 0 bridgehead atoms. The third kappa shape index (κ3) is 4.08. The number of sulfonamides is 1. The maximum absolute atomic E-state index is 12.9. The molecule has 0 radical (unpaired) electrons. The molecule has 8 nitrogen and oxygen atoms in total. The van der Waals surface area contributed by atoms with Crippen LogP contribution in [0.1, 0.15) is 37.0 Å². The highest BCUT2D eigenvalue weighted by Gasteiger charge is 2.36. The number of carbonyl (C=O) groups excluding carboxylic acids is 1. The number of hydrogen-bond acceptors (Lipinski definition) is 6. The molecule has 1 atom stereocenters. The number of aromatic nitrogens is 1. The van der Waals surface area contributed by atoms with Gasteiger partial charge in [0, 0.05) is 19.0 Å². The molecule has 0 aromatic carbocycles. The monoisotopic (exact) mass is 395 g/mol. The Morgan fingerprint density at radius 1 is 1.37 bits per heavy atom. The van der Waals surface area contributed by atoms with E-state index in [-0.39, 0.29) is 22.6 Å². The van der Waals surface area contributed by atoms with Crippen LogP contribution in [0, 0.1) is 25.7 Å². The molecule has 0 unspecified atom stereocenters. The van der Waals surface area contributed by atoms with E-state index in [9.17, 15) is 13.2 Å². The van der Waals surface area contributed by atoms with Crippen molar-refractivity contribution in [3.63, 3.8) is 0 Å². The number of carbonyl (C=O) groups is 1. The molecular formula is C18H25N3O5S. The maximum atomic E-state index is 12.9.